The Hall–Kier alpha value is -2.99. The first-order chi connectivity index (χ1) is 16.4. The van der Waals surface area contributed by atoms with E-state index in [1.807, 2.05) is 44.6 Å². The Labute approximate surface area is 203 Å². The third-order valence-corrected chi connectivity index (χ3v) is 7.01. The van der Waals surface area contributed by atoms with E-state index in [0.29, 0.717) is 29.6 Å². The molecule has 6 nitrogen and oxygen atoms in total. The second-order valence-corrected chi connectivity index (χ2v) is 10.0. The smallest absolute Gasteiger partial charge is 0.247 e. The van der Waals surface area contributed by atoms with Crippen LogP contribution in [0.5, 0.6) is 0 Å². The molecule has 1 aliphatic rings. The van der Waals surface area contributed by atoms with E-state index in [-0.39, 0.29) is 0 Å². The molecule has 34 heavy (non-hydrogen) atoms. The summed E-state index contributed by atoms with van der Waals surface area (Å²) in [6.45, 7) is 8.70. The predicted octanol–water partition coefficient (Wildman–Crippen LogP) is 5.38. The van der Waals surface area contributed by atoms with E-state index < -0.39 is 0 Å². The fraction of sp³-hybridized carbons (Fsp3) is 0.464. The summed E-state index contributed by atoms with van der Waals surface area (Å²) in [5.74, 6) is 3.50. The van der Waals surface area contributed by atoms with Crippen LogP contribution >= 0.6 is 0 Å². The second kappa shape index (κ2) is 11.0. The SMILES string of the molecule is CC1=CC(CNCc2ccccn2)C(C(C)C)CC1Cc1nnc(-c2ccc(N(C)C)cc2)o1. The molecule has 0 saturated heterocycles. The van der Waals surface area contributed by atoms with Crippen molar-refractivity contribution in [1.82, 2.24) is 20.5 Å². The quantitative estimate of drug-likeness (QED) is 0.433. The molecule has 3 atom stereocenters. The van der Waals surface area contributed by atoms with Crippen LogP contribution in [0, 0.1) is 23.7 Å². The minimum absolute atomic E-state index is 0.434. The van der Waals surface area contributed by atoms with Crippen LogP contribution in [0.25, 0.3) is 11.5 Å². The van der Waals surface area contributed by atoms with Gasteiger partial charge in [0.25, 0.3) is 0 Å². The van der Waals surface area contributed by atoms with E-state index in [2.05, 4.69) is 70.4 Å². The Morgan fingerprint density at radius 2 is 1.88 bits per heavy atom. The van der Waals surface area contributed by atoms with Gasteiger partial charge in [0.05, 0.1) is 5.69 Å². The number of aromatic nitrogens is 3. The zero-order valence-corrected chi connectivity index (χ0v) is 21.0. The molecular weight excluding hydrogens is 422 g/mol. The molecule has 1 aliphatic carbocycles. The van der Waals surface area contributed by atoms with Crippen molar-refractivity contribution in [2.24, 2.45) is 23.7 Å². The molecule has 180 valence electrons. The highest BCUT2D eigenvalue weighted by Crippen LogP contribution is 2.39. The summed E-state index contributed by atoms with van der Waals surface area (Å²) in [4.78, 5) is 6.50. The molecular formula is C28H37N5O. The lowest BCUT2D eigenvalue weighted by Crippen LogP contribution is -2.34. The van der Waals surface area contributed by atoms with Crippen LogP contribution in [0.1, 0.15) is 38.8 Å². The maximum atomic E-state index is 6.08. The summed E-state index contributed by atoms with van der Waals surface area (Å²) in [5, 5.41) is 12.3. The van der Waals surface area contributed by atoms with Gasteiger partial charge in [0.15, 0.2) is 0 Å². The van der Waals surface area contributed by atoms with Gasteiger partial charge in [-0.3, -0.25) is 4.98 Å². The first-order valence-electron chi connectivity index (χ1n) is 12.3. The van der Waals surface area contributed by atoms with E-state index >= 15 is 0 Å². The van der Waals surface area contributed by atoms with Gasteiger partial charge < -0.3 is 14.6 Å². The van der Waals surface area contributed by atoms with Gasteiger partial charge in [-0.15, -0.1) is 10.2 Å². The molecule has 4 rings (SSSR count). The number of nitrogens with zero attached hydrogens (tertiary/aromatic N) is 4. The van der Waals surface area contributed by atoms with Crippen molar-refractivity contribution in [3.8, 4) is 11.5 Å². The van der Waals surface area contributed by atoms with E-state index in [1.165, 1.54) is 5.57 Å². The number of benzene rings is 1. The average molecular weight is 460 g/mol. The van der Waals surface area contributed by atoms with Crippen LogP contribution in [0.4, 0.5) is 5.69 Å². The fourth-order valence-corrected chi connectivity index (χ4v) is 4.94. The van der Waals surface area contributed by atoms with Crippen LogP contribution in [-0.4, -0.2) is 35.8 Å². The summed E-state index contributed by atoms with van der Waals surface area (Å²) in [7, 11) is 4.07. The van der Waals surface area contributed by atoms with Crippen molar-refractivity contribution in [1.29, 1.82) is 0 Å². The Balaban J connectivity index is 1.40. The lowest BCUT2D eigenvalue weighted by atomic mass is 9.70. The largest absolute Gasteiger partial charge is 0.421 e. The predicted molar refractivity (Wildman–Crippen MR) is 137 cm³/mol. The van der Waals surface area contributed by atoms with Gasteiger partial charge in [-0.05, 0) is 73.4 Å². The van der Waals surface area contributed by atoms with Crippen molar-refractivity contribution in [3.63, 3.8) is 0 Å². The third kappa shape index (κ3) is 5.92. The monoisotopic (exact) mass is 459 g/mol. The molecule has 6 heteroatoms. The molecule has 2 aromatic heterocycles. The molecule has 0 aliphatic heterocycles. The van der Waals surface area contributed by atoms with Gasteiger partial charge in [-0.2, -0.15) is 0 Å². The van der Waals surface area contributed by atoms with Crippen molar-refractivity contribution in [3.05, 3.63) is 71.9 Å². The standard InChI is InChI=1S/C28H37N5O/c1-19(2)26-15-22(20(3)14-23(26)17-29-18-24-8-6-7-13-30-24)16-27-31-32-28(34-27)21-9-11-25(12-10-21)33(4)5/h6-14,19,22-23,26,29H,15-18H2,1-5H3. The summed E-state index contributed by atoms with van der Waals surface area (Å²) >= 11 is 0. The number of hydrogen-bond acceptors (Lipinski definition) is 6. The highest BCUT2D eigenvalue weighted by atomic mass is 16.4. The zero-order chi connectivity index (χ0) is 24.1. The molecule has 0 bridgehead atoms. The van der Waals surface area contributed by atoms with E-state index in [4.69, 9.17) is 4.42 Å². The average Bonchev–Trinajstić information content (AvgIpc) is 3.30. The summed E-state index contributed by atoms with van der Waals surface area (Å²) in [6.07, 6.45) is 6.26. The van der Waals surface area contributed by atoms with Crippen LogP contribution in [0.2, 0.25) is 0 Å². The fourth-order valence-electron chi connectivity index (χ4n) is 4.94. The minimum Gasteiger partial charge on any atom is -0.421 e. The van der Waals surface area contributed by atoms with Crippen LogP contribution in [0.3, 0.4) is 0 Å². The topological polar surface area (TPSA) is 67.1 Å². The maximum Gasteiger partial charge on any atom is 0.247 e. The molecule has 0 spiro atoms. The van der Waals surface area contributed by atoms with Crippen molar-refractivity contribution in [2.45, 2.75) is 40.2 Å². The van der Waals surface area contributed by atoms with Gasteiger partial charge in [0.2, 0.25) is 11.8 Å². The molecule has 1 N–H and O–H groups in total. The highest BCUT2D eigenvalue weighted by Gasteiger charge is 2.32. The third-order valence-electron chi connectivity index (χ3n) is 7.01. The Kier molecular flexibility index (Phi) is 7.78. The Morgan fingerprint density at radius 1 is 1.09 bits per heavy atom. The first kappa shape index (κ1) is 24.1. The summed E-state index contributed by atoms with van der Waals surface area (Å²) in [5.41, 5.74) is 4.62. The Bertz CT molecular complexity index is 1070. The lowest BCUT2D eigenvalue weighted by Gasteiger charge is -2.37. The molecule has 0 fully saturated rings. The molecule has 1 aromatic carbocycles. The van der Waals surface area contributed by atoms with E-state index in [9.17, 15) is 0 Å². The molecule has 3 aromatic rings. The molecule has 0 amide bonds. The summed E-state index contributed by atoms with van der Waals surface area (Å²) in [6, 6.07) is 14.3. The van der Waals surface area contributed by atoms with Crippen LogP contribution < -0.4 is 10.2 Å². The van der Waals surface area contributed by atoms with E-state index in [0.717, 1.165) is 48.8 Å². The number of pyridine rings is 1. The number of nitrogens with one attached hydrogen (secondary N) is 1. The zero-order valence-electron chi connectivity index (χ0n) is 21.0. The van der Waals surface area contributed by atoms with Gasteiger partial charge in [-0.25, -0.2) is 0 Å². The molecule has 3 unspecified atom stereocenters. The second-order valence-electron chi connectivity index (χ2n) is 10.0. The summed E-state index contributed by atoms with van der Waals surface area (Å²) < 4.78 is 6.08. The maximum absolute atomic E-state index is 6.08. The van der Waals surface area contributed by atoms with Gasteiger partial charge >= 0.3 is 0 Å². The first-order valence-corrected chi connectivity index (χ1v) is 12.3. The molecule has 0 radical (unpaired) electrons. The van der Waals surface area contributed by atoms with E-state index in [1.54, 1.807) is 0 Å². The number of rotatable bonds is 9. The highest BCUT2D eigenvalue weighted by molar-refractivity contribution is 5.58. The lowest BCUT2D eigenvalue weighted by molar-refractivity contribution is 0.218. The molecule has 0 saturated carbocycles. The minimum atomic E-state index is 0.434. The number of anilines is 1. The number of hydrogen-bond donors (Lipinski definition) is 1. The number of allylic oxidation sites excluding steroid dienone is 1. The molecule has 2 heterocycles. The van der Waals surface area contributed by atoms with Gasteiger partial charge in [0.1, 0.15) is 0 Å². The normalized spacial score (nSPS) is 20.4. The van der Waals surface area contributed by atoms with Crippen LogP contribution in [-0.2, 0) is 13.0 Å². The van der Waals surface area contributed by atoms with Crippen LogP contribution in [0.15, 0.2) is 64.7 Å². The van der Waals surface area contributed by atoms with Crippen molar-refractivity contribution in [2.75, 3.05) is 25.5 Å². The Morgan fingerprint density at radius 3 is 2.56 bits per heavy atom. The van der Waals surface area contributed by atoms with Gasteiger partial charge in [-0.1, -0.05) is 31.6 Å². The van der Waals surface area contributed by atoms with Gasteiger partial charge in [0, 0.05) is 51.1 Å². The van der Waals surface area contributed by atoms with Crippen molar-refractivity contribution < 1.29 is 4.42 Å². The van der Waals surface area contributed by atoms with Crippen molar-refractivity contribution >= 4 is 5.69 Å².